The summed E-state index contributed by atoms with van der Waals surface area (Å²) < 4.78 is 0. The quantitative estimate of drug-likeness (QED) is 0.762. The van der Waals surface area contributed by atoms with E-state index in [9.17, 15) is 5.11 Å². The van der Waals surface area contributed by atoms with Crippen LogP contribution in [0.1, 0.15) is 18.6 Å². The average molecular weight is 264 g/mol. The van der Waals surface area contributed by atoms with Crippen LogP contribution in [0.5, 0.6) is 0 Å². The average Bonchev–Trinajstić information content (AvgIpc) is 2.29. The highest BCUT2D eigenvalue weighted by Crippen LogP contribution is 2.25. The van der Waals surface area contributed by atoms with Crippen molar-refractivity contribution in [3.05, 3.63) is 33.8 Å². The van der Waals surface area contributed by atoms with E-state index in [1.54, 1.807) is 18.2 Å². The molecule has 0 bridgehead atoms. The first-order valence-corrected chi connectivity index (χ1v) is 5.77. The minimum absolute atomic E-state index is 0.0358. The van der Waals surface area contributed by atoms with Gasteiger partial charge in [-0.2, -0.15) is 0 Å². The number of hydrogen-bond donors (Lipinski definition) is 3. The Balaban J connectivity index is 2.59. The van der Waals surface area contributed by atoms with Gasteiger partial charge in [-0.15, -0.1) is 0 Å². The van der Waals surface area contributed by atoms with Gasteiger partial charge in [-0.1, -0.05) is 29.3 Å². The van der Waals surface area contributed by atoms with Crippen molar-refractivity contribution >= 4 is 23.2 Å². The number of aliphatic hydroxyl groups is 2. The molecule has 0 spiro atoms. The van der Waals surface area contributed by atoms with Crippen LogP contribution in [0.15, 0.2) is 18.2 Å². The van der Waals surface area contributed by atoms with E-state index in [1.807, 2.05) is 6.92 Å². The number of nitrogens with one attached hydrogen (secondary N) is 1. The molecule has 0 radical (unpaired) electrons. The molecule has 0 heterocycles. The Labute approximate surface area is 105 Å². The summed E-state index contributed by atoms with van der Waals surface area (Å²) in [5.41, 5.74) is 0.701. The molecule has 0 aromatic heterocycles. The fourth-order valence-electron chi connectivity index (χ4n) is 1.21. The van der Waals surface area contributed by atoms with Gasteiger partial charge in [0.1, 0.15) is 0 Å². The molecule has 3 N–H and O–H groups in total. The lowest BCUT2D eigenvalue weighted by molar-refractivity contribution is 0.161. The van der Waals surface area contributed by atoms with Gasteiger partial charge in [0.2, 0.25) is 0 Å². The van der Waals surface area contributed by atoms with Gasteiger partial charge in [-0.25, -0.2) is 0 Å². The minimum atomic E-state index is -0.663. The normalized spacial score (nSPS) is 14.8. The zero-order chi connectivity index (χ0) is 12.1. The number of aliphatic hydroxyl groups excluding tert-OH is 2. The fourth-order valence-corrected chi connectivity index (χ4v) is 1.52. The minimum Gasteiger partial charge on any atom is -0.395 e. The van der Waals surface area contributed by atoms with Crippen LogP contribution in [0, 0.1) is 0 Å². The summed E-state index contributed by atoms with van der Waals surface area (Å²) in [4.78, 5) is 0. The summed E-state index contributed by atoms with van der Waals surface area (Å²) in [5, 5.41) is 22.5. The van der Waals surface area contributed by atoms with Gasteiger partial charge < -0.3 is 15.5 Å². The van der Waals surface area contributed by atoms with Gasteiger partial charge >= 0.3 is 0 Å². The molecule has 2 atom stereocenters. The molecule has 0 aliphatic carbocycles. The molecule has 1 rings (SSSR count). The zero-order valence-corrected chi connectivity index (χ0v) is 10.5. The fraction of sp³-hybridized carbons (Fsp3) is 0.455. The molecule has 16 heavy (non-hydrogen) atoms. The summed E-state index contributed by atoms with van der Waals surface area (Å²) in [7, 11) is 0. The van der Waals surface area contributed by atoms with Crippen LogP contribution >= 0.6 is 23.2 Å². The number of rotatable bonds is 5. The summed E-state index contributed by atoms with van der Waals surface area (Å²) in [5.74, 6) is 0. The predicted octanol–water partition coefficient (Wildman–Crippen LogP) is 2.00. The number of halogens is 2. The van der Waals surface area contributed by atoms with E-state index >= 15 is 0 Å². The number of benzene rings is 1. The van der Waals surface area contributed by atoms with Crippen molar-refractivity contribution < 1.29 is 10.2 Å². The van der Waals surface area contributed by atoms with Crippen molar-refractivity contribution in [2.75, 3.05) is 13.2 Å². The Morgan fingerprint density at radius 1 is 1.31 bits per heavy atom. The summed E-state index contributed by atoms with van der Waals surface area (Å²) in [6.07, 6.45) is -0.663. The molecule has 0 saturated heterocycles. The van der Waals surface area contributed by atoms with E-state index < -0.39 is 6.10 Å². The molecule has 0 amide bonds. The Morgan fingerprint density at radius 2 is 2.00 bits per heavy atom. The smallest absolute Gasteiger partial charge is 0.0915 e. The van der Waals surface area contributed by atoms with E-state index in [1.165, 1.54) is 0 Å². The van der Waals surface area contributed by atoms with E-state index in [2.05, 4.69) is 5.32 Å². The molecule has 0 aliphatic heterocycles. The zero-order valence-electron chi connectivity index (χ0n) is 8.95. The second kappa shape index (κ2) is 6.42. The monoisotopic (exact) mass is 263 g/mol. The van der Waals surface area contributed by atoms with E-state index in [0.29, 0.717) is 22.2 Å². The van der Waals surface area contributed by atoms with Crippen LogP contribution in [-0.4, -0.2) is 29.4 Å². The standard InChI is InChI=1S/C11H15Cl2NO2/c1-7(6-15)14-5-11(16)8-2-3-9(12)10(13)4-8/h2-4,7,11,14-16H,5-6H2,1H3. The first-order valence-electron chi connectivity index (χ1n) is 5.02. The van der Waals surface area contributed by atoms with Gasteiger partial charge in [0, 0.05) is 12.6 Å². The third-order valence-corrected chi connectivity index (χ3v) is 3.00. The second-order valence-corrected chi connectivity index (χ2v) is 4.50. The van der Waals surface area contributed by atoms with Crippen LogP contribution in [0.25, 0.3) is 0 Å². The van der Waals surface area contributed by atoms with Gasteiger partial charge in [-0.05, 0) is 24.6 Å². The molecule has 2 unspecified atom stereocenters. The lowest BCUT2D eigenvalue weighted by Crippen LogP contribution is -2.32. The molecule has 1 aromatic carbocycles. The summed E-state index contributed by atoms with van der Waals surface area (Å²) >= 11 is 11.6. The van der Waals surface area contributed by atoms with Crippen molar-refractivity contribution in [3.8, 4) is 0 Å². The Kier molecular flexibility index (Phi) is 5.52. The van der Waals surface area contributed by atoms with Crippen molar-refractivity contribution in [2.24, 2.45) is 0 Å². The van der Waals surface area contributed by atoms with Crippen molar-refractivity contribution in [2.45, 2.75) is 19.1 Å². The molecular formula is C11H15Cl2NO2. The van der Waals surface area contributed by atoms with E-state index in [-0.39, 0.29) is 12.6 Å². The van der Waals surface area contributed by atoms with Crippen molar-refractivity contribution in [1.29, 1.82) is 0 Å². The van der Waals surface area contributed by atoms with Crippen LogP contribution < -0.4 is 5.32 Å². The van der Waals surface area contributed by atoms with Crippen molar-refractivity contribution in [3.63, 3.8) is 0 Å². The second-order valence-electron chi connectivity index (χ2n) is 3.68. The Morgan fingerprint density at radius 3 is 2.56 bits per heavy atom. The number of hydrogen-bond acceptors (Lipinski definition) is 3. The lowest BCUT2D eigenvalue weighted by Gasteiger charge is -2.16. The molecule has 1 aromatic rings. The van der Waals surface area contributed by atoms with Crippen molar-refractivity contribution in [1.82, 2.24) is 5.32 Å². The maximum atomic E-state index is 9.83. The Bertz CT molecular complexity index is 347. The predicted molar refractivity (Wildman–Crippen MR) is 66.0 cm³/mol. The topological polar surface area (TPSA) is 52.5 Å². The molecule has 90 valence electrons. The highest BCUT2D eigenvalue weighted by Gasteiger charge is 2.10. The van der Waals surface area contributed by atoms with Crippen LogP contribution in [0.4, 0.5) is 0 Å². The highest BCUT2D eigenvalue weighted by atomic mass is 35.5. The maximum absolute atomic E-state index is 9.83. The molecule has 3 nitrogen and oxygen atoms in total. The van der Waals surface area contributed by atoms with Gasteiger partial charge in [-0.3, -0.25) is 0 Å². The van der Waals surface area contributed by atoms with Crippen LogP contribution in [0.2, 0.25) is 10.0 Å². The first kappa shape index (κ1) is 13.7. The van der Waals surface area contributed by atoms with Gasteiger partial charge in [0.25, 0.3) is 0 Å². The molecular weight excluding hydrogens is 249 g/mol. The maximum Gasteiger partial charge on any atom is 0.0915 e. The molecule has 0 aliphatic rings. The van der Waals surface area contributed by atoms with Gasteiger partial charge in [0.15, 0.2) is 0 Å². The molecule has 0 saturated carbocycles. The van der Waals surface area contributed by atoms with Crippen LogP contribution in [-0.2, 0) is 0 Å². The summed E-state index contributed by atoms with van der Waals surface area (Å²) in [6.45, 7) is 2.23. The molecule has 0 fully saturated rings. The lowest BCUT2D eigenvalue weighted by atomic mass is 10.1. The van der Waals surface area contributed by atoms with Crippen LogP contribution in [0.3, 0.4) is 0 Å². The van der Waals surface area contributed by atoms with Gasteiger partial charge in [0.05, 0.1) is 22.8 Å². The highest BCUT2D eigenvalue weighted by molar-refractivity contribution is 6.42. The third kappa shape index (κ3) is 3.92. The SMILES string of the molecule is CC(CO)NCC(O)c1ccc(Cl)c(Cl)c1. The Hall–Kier alpha value is -0.320. The largest absolute Gasteiger partial charge is 0.395 e. The molecule has 5 heteroatoms. The summed E-state index contributed by atoms with van der Waals surface area (Å²) in [6, 6.07) is 4.97. The first-order chi connectivity index (χ1) is 7.54. The van der Waals surface area contributed by atoms with E-state index in [0.717, 1.165) is 0 Å². The third-order valence-electron chi connectivity index (χ3n) is 2.26. The van der Waals surface area contributed by atoms with E-state index in [4.69, 9.17) is 28.3 Å².